The van der Waals surface area contributed by atoms with Crippen molar-refractivity contribution in [1.82, 2.24) is 4.98 Å². The van der Waals surface area contributed by atoms with Crippen LogP contribution in [0, 0.1) is 6.92 Å². The van der Waals surface area contributed by atoms with Crippen molar-refractivity contribution >= 4 is 16.9 Å². The maximum atomic E-state index is 10.5. The highest BCUT2D eigenvalue weighted by Crippen LogP contribution is 2.29. The summed E-state index contributed by atoms with van der Waals surface area (Å²) < 4.78 is 5.36. The molecule has 1 aromatic carbocycles. The van der Waals surface area contributed by atoms with Crippen LogP contribution < -0.4 is 4.74 Å². The molecule has 1 heterocycles. The molecule has 0 saturated heterocycles. The average Bonchev–Trinajstić information content (AvgIpc) is 2.70. The lowest BCUT2D eigenvalue weighted by atomic mass is 10.0. The lowest BCUT2D eigenvalue weighted by molar-refractivity contribution is -0.137. The first-order valence-corrected chi connectivity index (χ1v) is 5.98. The number of ether oxygens (including phenoxy) is 1. The van der Waals surface area contributed by atoms with Gasteiger partial charge in [0.1, 0.15) is 5.75 Å². The number of aromatic amines is 1. The number of aryl methyl sites for hydroxylation is 2. The van der Waals surface area contributed by atoms with Gasteiger partial charge < -0.3 is 14.8 Å². The van der Waals surface area contributed by atoms with Gasteiger partial charge in [-0.3, -0.25) is 4.79 Å². The number of rotatable bonds is 5. The van der Waals surface area contributed by atoms with Crippen molar-refractivity contribution in [2.45, 2.75) is 26.2 Å². The van der Waals surface area contributed by atoms with Crippen LogP contribution in [0.5, 0.6) is 5.75 Å². The monoisotopic (exact) mass is 247 g/mol. The molecule has 96 valence electrons. The van der Waals surface area contributed by atoms with Crippen LogP contribution in [0.3, 0.4) is 0 Å². The standard InChI is InChI=1S/C14H17NO3/c1-9-8-15-14-11(9)6-10(7-12(14)18-2)4-3-5-13(16)17/h6-8,15H,3-5H2,1-2H3,(H,16,17). The van der Waals surface area contributed by atoms with Crippen molar-refractivity contribution in [1.29, 1.82) is 0 Å². The molecular formula is C14H17NO3. The summed E-state index contributed by atoms with van der Waals surface area (Å²) in [6, 6.07) is 4.08. The fourth-order valence-corrected chi connectivity index (χ4v) is 2.14. The second kappa shape index (κ2) is 5.12. The summed E-state index contributed by atoms with van der Waals surface area (Å²) in [6.45, 7) is 2.04. The maximum absolute atomic E-state index is 10.5. The van der Waals surface area contributed by atoms with Crippen LogP contribution in [-0.2, 0) is 11.2 Å². The molecule has 18 heavy (non-hydrogen) atoms. The summed E-state index contributed by atoms with van der Waals surface area (Å²) >= 11 is 0. The lowest BCUT2D eigenvalue weighted by Gasteiger charge is -2.06. The number of methoxy groups -OCH3 is 1. The number of fused-ring (bicyclic) bond motifs is 1. The van der Waals surface area contributed by atoms with E-state index in [1.54, 1.807) is 7.11 Å². The van der Waals surface area contributed by atoms with Gasteiger partial charge in [0, 0.05) is 18.0 Å². The highest BCUT2D eigenvalue weighted by molar-refractivity contribution is 5.89. The summed E-state index contributed by atoms with van der Waals surface area (Å²) in [5.74, 6) is 0.0618. The minimum atomic E-state index is -0.749. The van der Waals surface area contributed by atoms with Crippen molar-refractivity contribution in [3.63, 3.8) is 0 Å². The summed E-state index contributed by atoms with van der Waals surface area (Å²) in [7, 11) is 1.64. The first kappa shape index (κ1) is 12.5. The van der Waals surface area contributed by atoms with Gasteiger partial charge in [0.15, 0.2) is 0 Å². The number of carbonyl (C=O) groups is 1. The molecule has 0 spiro atoms. The summed E-state index contributed by atoms with van der Waals surface area (Å²) in [6.07, 6.45) is 3.55. The fourth-order valence-electron chi connectivity index (χ4n) is 2.14. The Balaban J connectivity index is 2.28. The molecule has 4 nitrogen and oxygen atoms in total. The Kier molecular flexibility index (Phi) is 3.55. The van der Waals surface area contributed by atoms with E-state index in [0.29, 0.717) is 6.42 Å². The molecule has 2 rings (SSSR count). The second-order valence-electron chi connectivity index (χ2n) is 4.44. The van der Waals surface area contributed by atoms with Gasteiger partial charge in [-0.15, -0.1) is 0 Å². The van der Waals surface area contributed by atoms with Crippen molar-refractivity contribution in [3.8, 4) is 5.75 Å². The minimum absolute atomic E-state index is 0.201. The van der Waals surface area contributed by atoms with Crippen LogP contribution in [0.25, 0.3) is 10.9 Å². The topological polar surface area (TPSA) is 62.3 Å². The van der Waals surface area contributed by atoms with Crippen LogP contribution in [0.15, 0.2) is 18.3 Å². The molecule has 0 atom stereocenters. The van der Waals surface area contributed by atoms with Crippen molar-refractivity contribution < 1.29 is 14.6 Å². The van der Waals surface area contributed by atoms with E-state index in [9.17, 15) is 4.79 Å². The number of aromatic nitrogens is 1. The number of carboxylic acid groups (broad SMARTS) is 1. The Morgan fingerprint density at radius 2 is 2.22 bits per heavy atom. The van der Waals surface area contributed by atoms with E-state index >= 15 is 0 Å². The third kappa shape index (κ3) is 2.47. The van der Waals surface area contributed by atoms with Gasteiger partial charge >= 0.3 is 5.97 Å². The van der Waals surface area contributed by atoms with E-state index in [-0.39, 0.29) is 6.42 Å². The van der Waals surface area contributed by atoms with E-state index in [2.05, 4.69) is 11.1 Å². The summed E-state index contributed by atoms with van der Waals surface area (Å²) in [4.78, 5) is 13.7. The van der Waals surface area contributed by atoms with Crippen LogP contribution >= 0.6 is 0 Å². The van der Waals surface area contributed by atoms with Gasteiger partial charge in [0.2, 0.25) is 0 Å². The number of aliphatic carboxylic acids is 1. The molecule has 0 unspecified atom stereocenters. The molecule has 4 heteroatoms. The molecule has 0 amide bonds. The smallest absolute Gasteiger partial charge is 0.303 e. The second-order valence-corrected chi connectivity index (χ2v) is 4.44. The Bertz CT molecular complexity index is 572. The van der Waals surface area contributed by atoms with Crippen molar-refractivity contribution in [3.05, 3.63) is 29.5 Å². The molecule has 0 aliphatic carbocycles. The average molecular weight is 247 g/mol. The van der Waals surface area contributed by atoms with E-state index in [4.69, 9.17) is 9.84 Å². The normalized spacial score (nSPS) is 10.8. The fraction of sp³-hybridized carbons (Fsp3) is 0.357. The summed E-state index contributed by atoms with van der Waals surface area (Å²) in [5, 5.41) is 9.78. The third-order valence-electron chi connectivity index (χ3n) is 3.10. The molecule has 0 aliphatic rings. The lowest BCUT2D eigenvalue weighted by Crippen LogP contribution is -1.96. The Hall–Kier alpha value is -1.97. The van der Waals surface area contributed by atoms with Crippen LogP contribution in [0.1, 0.15) is 24.0 Å². The molecular weight excluding hydrogens is 230 g/mol. The third-order valence-corrected chi connectivity index (χ3v) is 3.10. The number of nitrogens with one attached hydrogen (secondary N) is 1. The largest absolute Gasteiger partial charge is 0.495 e. The quantitative estimate of drug-likeness (QED) is 0.854. The number of hydrogen-bond donors (Lipinski definition) is 2. The first-order valence-electron chi connectivity index (χ1n) is 5.98. The van der Waals surface area contributed by atoms with Crippen LogP contribution in [-0.4, -0.2) is 23.2 Å². The highest BCUT2D eigenvalue weighted by atomic mass is 16.5. The van der Waals surface area contributed by atoms with E-state index in [1.165, 1.54) is 5.56 Å². The zero-order chi connectivity index (χ0) is 13.1. The van der Waals surface area contributed by atoms with Crippen LogP contribution in [0.4, 0.5) is 0 Å². The number of carboxylic acids is 1. The molecule has 2 aromatic rings. The predicted octanol–water partition coefficient (Wildman–Crippen LogP) is 2.89. The Morgan fingerprint density at radius 3 is 2.89 bits per heavy atom. The number of hydrogen-bond acceptors (Lipinski definition) is 2. The maximum Gasteiger partial charge on any atom is 0.303 e. The number of benzene rings is 1. The van der Waals surface area contributed by atoms with Gasteiger partial charge in [-0.1, -0.05) is 0 Å². The van der Waals surface area contributed by atoms with Gasteiger partial charge in [0.25, 0.3) is 0 Å². The molecule has 0 radical (unpaired) electrons. The zero-order valence-corrected chi connectivity index (χ0v) is 10.6. The van der Waals surface area contributed by atoms with Gasteiger partial charge in [0.05, 0.1) is 12.6 Å². The summed E-state index contributed by atoms with van der Waals surface area (Å²) in [5.41, 5.74) is 3.28. The molecule has 1 aromatic heterocycles. The van der Waals surface area contributed by atoms with Crippen molar-refractivity contribution in [2.24, 2.45) is 0 Å². The number of H-pyrrole nitrogens is 1. The molecule has 0 saturated carbocycles. The zero-order valence-electron chi connectivity index (χ0n) is 10.6. The van der Waals surface area contributed by atoms with E-state index < -0.39 is 5.97 Å². The Morgan fingerprint density at radius 1 is 1.44 bits per heavy atom. The molecule has 0 fully saturated rings. The minimum Gasteiger partial charge on any atom is -0.495 e. The van der Waals surface area contributed by atoms with Gasteiger partial charge in [-0.25, -0.2) is 0 Å². The predicted molar refractivity (Wildman–Crippen MR) is 70.2 cm³/mol. The highest BCUT2D eigenvalue weighted by Gasteiger charge is 2.08. The SMILES string of the molecule is COc1cc(CCCC(=O)O)cc2c(C)c[nH]c12. The van der Waals surface area contributed by atoms with E-state index in [1.807, 2.05) is 19.2 Å². The first-order chi connectivity index (χ1) is 8.61. The molecule has 2 N–H and O–H groups in total. The van der Waals surface area contributed by atoms with E-state index in [0.717, 1.165) is 28.6 Å². The molecule has 0 bridgehead atoms. The Labute approximate surface area is 106 Å². The van der Waals surface area contributed by atoms with Gasteiger partial charge in [-0.05, 0) is 43.0 Å². The van der Waals surface area contributed by atoms with Gasteiger partial charge in [-0.2, -0.15) is 0 Å². The van der Waals surface area contributed by atoms with Crippen LogP contribution in [0.2, 0.25) is 0 Å². The van der Waals surface area contributed by atoms with Crippen molar-refractivity contribution in [2.75, 3.05) is 7.11 Å². The molecule has 0 aliphatic heterocycles.